The number of likely N-dealkylation sites (tertiary alicyclic amines) is 1. The van der Waals surface area contributed by atoms with Crippen molar-refractivity contribution < 1.29 is 14.3 Å². The predicted octanol–water partition coefficient (Wildman–Crippen LogP) is 3.42. The van der Waals surface area contributed by atoms with Crippen LogP contribution in [-0.2, 0) is 15.1 Å². The molecule has 28 heavy (non-hydrogen) atoms. The molecule has 7 nitrogen and oxygen atoms in total. The zero-order chi connectivity index (χ0) is 20.7. The van der Waals surface area contributed by atoms with Gasteiger partial charge in [-0.05, 0) is 46.6 Å². The van der Waals surface area contributed by atoms with Gasteiger partial charge in [0.2, 0.25) is 5.91 Å². The molecule has 2 atom stereocenters. The maximum Gasteiger partial charge on any atom is 0.410 e. The molecular formula is C21H30N4O3. The van der Waals surface area contributed by atoms with Gasteiger partial charge in [0.15, 0.2) is 0 Å². The zero-order valence-corrected chi connectivity index (χ0v) is 17.5. The molecule has 1 aliphatic rings. The Morgan fingerprint density at radius 2 is 1.86 bits per heavy atom. The summed E-state index contributed by atoms with van der Waals surface area (Å²) < 4.78 is 5.45. The van der Waals surface area contributed by atoms with E-state index >= 15 is 0 Å². The van der Waals surface area contributed by atoms with Crippen LogP contribution in [0, 0.1) is 11.8 Å². The summed E-state index contributed by atoms with van der Waals surface area (Å²) in [4.78, 5) is 27.0. The smallest absolute Gasteiger partial charge is 0.410 e. The van der Waals surface area contributed by atoms with E-state index in [0.29, 0.717) is 13.1 Å². The highest BCUT2D eigenvalue weighted by molar-refractivity contribution is 5.85. The number of rotatable bonds is 3. The molecule has 1 aromatic heterocycles. The minimum Gasteiger partial charge on any atom is -0.444 e. The van der Waals surface area contributed by atoms with Gasteiger partial charge in [-0.3, -0.25) is 9.89 Å². The van der Waals surface area contributed by atoms with Crippen molar-refractivity contribution in [2.24, 2.45) is 11.8 Å². The Hall–Kier alpha value is -2.57. The van der Waals surface area contributed by atoms with Crippen molar-refractivity contribution in [3.63, 3.8) is 0 Å². The average Bonchev–Trinajstić information content (AvgIpc) is 3.16. The largest absolute Gasteiger partial charge is 0.444 e. The molecule has 3 rings (SSSR count). The lowest BCUT2D eigenvalue weighted by molar-refractivity contribution is -0.127. The summed E-state index contributed by atoms with van der Waals surface area (Å²) in [7, 11) is 0. The third-order valence-electron chi connectivity index (χ3n) is 5.10. The Labute approximate surface area is 165 Å². The first-order valence-electron chi connectivity index (χ1n) is 9.71. The molecule has 0 radical (unpaired) electrons. The maximum absolute atomic E-state index is 13.0. The van der Waals surface area contributed by atoms with E-state index in [9.17, 15) is 9.59 Å². The van der Waals surface area contributed by atoms with Gasteiger partial charge in [-0.15, -0.1) is 0 Å². The molecule has 1 aliphatic heterocycles. The Kier molecular flexibility index (Phi) is 5.12. The second kappa shape index (κ2) is 7.11. The number of ether oxygens (including phenoxy) is 1. The molecule has 2 aromatic rings. The fraction of sp³-hybridized carbons (Fsp3) is 0.571. The summed E-state index contributed by atoms with van der Waals surface area (Å²) in [6.07, 6.45) is -0.368. The number of amides is 2. The SMILES string of the molecule is C[C@H]1CN(C(=O)OC(C)(C)C)C[C@H]1C(=O)NC(C)(C)c1n[nH]c2ccccc12. The summed E-state index contributed by atoms with van der Waals surface area (Å²) in [6.45, 7) is 12.3. The van der Waals surface area contributed by atoms with Crippen LogP contribution in [0.2, 0.25) is 0 Å². The van der Waals surface area contributed by atoms with E-state index < -0.39 is 11.1 Å². The van der Waals surface area contributed by atoms with Crippen molar-refractivity contribution in [2.75, 3.05) is 13.1 Å². The molecule has 7 heteroatoms. The van der Waals surface area contributed by atoms with Crippen LogP contribution in [0.5, 0.6) is 0 Å². The minimum atomic E-state index is -0.643. The lowest BCUT2D eigenvalue weighted by atomic mass is 9.93. The van der Waals surface area contributed by atoms with Crippen molar-refractivity contribution in [2.45, 2.75) is 52.7 Å². The molecule has 2 heterocycles. The molecule has 2 N–H and O–H groups in total. The third-order valence-corrected chi connectivity index (χ3v) is 5.10. The Bertz CT molecular complexity index is 881. The first-order chi connectivity index (χ1) is 13.0. The second-order valence-electron chi connectivity index (χ2n) is 9.20. The first-order valence-corrected chi connectivity index (χ1v) is 9.71. The van der Waals surface area contributed by atoms with Gasteiger partial charge in [-0.1, -0.05) is 25.1 Å². The van der Waals surface area contributed by atoms with Crippen LogP contribution in [0.4, 0.5) is 4.79 Å². The summed E-state index contributed by atoms with van der Waals surface area (Å²) in [5, 5.41) is 11.6. The minimum absolute atomic E-state index is 0.0549. The van der Waals surface area contributed by atoms with Crippen molar-refractivity contribution in [1.29, 1.82) is 0 Å². The predicted molar refractivity (Wildman–Crippen MR) is 108 cm³/mol. The summed E-state index contributed by atoms with van der Waals surface area (Å²) in [6, 6.07) is 7.85. The second-order valence-corrected chi connectivity index (χ2v) is 9.20. The molecule has 152 valence electrons. The summed E-state index contributed by atoms with van der Waals surface area (Å²) in [5.74, 6) is -0.299. The number of nitrogens with zero attached hydrogens (tertiary/aromatic N) is 2. The molecule has 1 aromatic carbocycles. The van der Waals surface area contributed by atoms with Crippen molar-refractivity contribution >= 4 is 22.9 Å². The number of para-hydroxylation sites is 1. The van der Waals surface area contributed by atoms with Gasteiger partial charge in [0.05, 0.1) is 22.7 Å². The number of nitrogens with one attached hydrogen (secondary N) is 2. The number of H-pyrrole nitrogens is 1. The van der Waals surface area contributed by atoms with Gasteiger partial charge >= 0.3 is 6.09 Å². The topological polar surface area (TPSA) is 87.3 Å². The number of aromatic amines is 1. The normalized spacial score (nSPS) is 20.4. The number of hydrogen-bond donors (Lipinski definition) is 2. The van der Waals surface area contributed by atoms with E-state index in [4.69, 9.17) is 4.74 Å². The van der Waals surface area contributed by atoms with Gasteiger partial charge in [-0.2, -0.15) is 5.10 Å². The third kappa shape index (κ3) is 4.13. The quantitative estimate of drug-likeness (QED) is 0.846. The molecule has 0 unspecified atom stereocenters. The Balaban J connectivity index is 1.71. The lowest BCUT2D eigenvalue weighted by Gasteiger charge is -2.27. The van der Waals surface area contributed by atoms with E-state index in [1.54, 1.807) is 4.90 Å². The zero-order valence-electron chi connectivity index (χ0n) is 17.5. The first kappa shape index (κ1) is 20.2. The number of aromatic nitrogens is 2. The van der Waals surface area contributed by atoms with E-state index in [1.807, 2.05) is 65.8 Å². The molecular weight excluding hydrogens is 356 g/mol. The summed E-state index contributed by atoms with van der Waals surface area (Å²) >= 11 is 0. The Morgan fingerprint density at radius 1 is 1.18 bits per heavy atom. The van der Waals surface area contributed by atoms with Crippen LogP contribution < -0.4 is 5.32 Å². The fourth-order valence-corrected chi connectivity index (χ4v) is 3.68. The molecule has 0 aliphatic carbocycles. The molecule has 1 saturated heterocycles. The van der Waals surface area contributed by atoms with E-state index in [0.717, 1.165) is 16.6 Å². The molecule has 2 amide bonds. The number of benzene rings is 1. The van der Waals surface area contributed by atoms with Gasteiger partial charge in [0.25, 0.3) is 0 Å². The monoisotopic (exact) mass is 386 g/mol. The number of hydrogen-bond acceptors (Lipinski definition) is 4. The molecule has 0 bridgehead atoms. The van der Waals surface area contributed by atoms with Gasteiger partial charge in [0, 0.05) is 18.5 Å². The highest BCUT2D eigenvalue weighted by atomic mass is 16.6. The van der Waals surface area contributed by atoms with Crippen LogP contribution in [0.25, 0.3) is 10.9 Å². The lowest BCUT2D eigenvalue weighted by Crippen LogP contribution is -2.46. The van der Waals surface area contributed by atoms with Crippen LogP contribution in [0.1, 0.15) is 47.2 Å². The van der Waals surface area contributed by atoms with E-state index in [1.165, 1.54) is 0 Å². The van der Waals surface area contributed by atoms with Crippen LogP contribution in [-0.4, -0.2) is 45.8 Å². The van der Waals surface area contributed by atoms with Crippen LogP contribution in [0.3, 0.4) is 0 Å². The number of carbonyl (C=O) groups excluding carboxylic acids is 2. The van der Waals surface area contributed by atoms with E-state index in [2.05, 4.69) is 15.5 Å². The molecule has 1 fully saturated rings. The number of fused-ring (bicyclic) bond motifs is 1. The molecule has 0 saturated carbocycles. The Morgan fingerprint density at radius 3 is 2.54 bits per heavy atom. The average molecular weight is 386 g/mol. The van der Waals surface area contributed by atoms with Gasteiger partial charge in [-0.25, -0.2) is 4.79 Å². The van der Waals surface area contributed by atoms with Gasteiger partial charge in [0.1, 0.15) is 5.60 Å². The van der Waals surface area contributed by atoms with Crippen molar-refractivity contribution in [3.05, 3.63) is 30.0 Å². The van der Waals surface area contributed by atoms with E-state index in [-0.39, 0.29) is 23.8 Å². The van der Waals surface area contributed by atoms with Gasteiger partial charge < -0.3 is 15.0 Å². The maximum atomic E-state index is 13.0. The fourth-order valence-electron chi connectivity index (χ4n) is 3.68. The number of carbonyl (C=O) groups is 2. The van der Waals surface area contributed by atoms with Crippen LogP contribution >= 0.6 is 0 Å². The van der Waals surface area contributed by atoms with Crippen molar-refractivity contribution in [3.8, 4) is 0 Å². The molecule has 0 spiro atoms. The highest BCUT2D eigenvalue weighted by Gasteiger charge is 2.40. The van der Waals surface area contributed by atoms with Crippen molar-refractivity contribution in [1.82, 2.24) is 20.4 Å². The standard InChI is InChI=1S/C21H30N4O3/c1-13-11-25(19(27)28-20(2,3)4)12-15(13)18(26)22-21(5,6)17-14-9-7-8-10-16(14)23-24-17/h7-10,13,15H,11-12H2,1-6H3,(H,22,26)(H,23,24)/t13-,15+/m0/s1. The summed E-state index contributed by atoms with van der Waals surface area (Å²) in [5.41, 5.74) is 0.538. The highest BCUT2D eigenvalue weighted by Crippen LogP contribution is 2.29. The van der Waals surface area contributed by atoms with Crippen LogP contribution in [0.15, 0.2) is 24.3 Å².